The van der Waals surface area contributed by atoms with Crippen LogP contribution in [0.3, 0.4) is 0 Å². The highest BCUT2D eigenvalue weighted by Gasteiger charge is 2.17. The number of carbonyl (C=O) groups is 1. The monoisotopic (exact) mass is 284 g/mol. The van der Waals surface area contributed by atoms with E-state index in [1.165, 1.54) is 11.5 Å². The number of anilines is 2. The average Bonchev–Trinajstić information content (AvgIpc) is 2.34. The minimum Gasteiger partial charge on any atom is -0.399 e. The predicted octanol–water partition coefficient (Wildman–Crippen LogP) is 3.39. The Morgan fingerprint density at radius 1 is 1.44 bits per heavy atom. The van der Waals surface area contributed by atoms with E-state index in [1.807, 2.05) is 11.8 Å². The van der Waals surface area contributed by atoms with E-state index in [1.54, 1.807) is 18.2 Å². The first kappa shape index (κ1) is 13.6. The molecule has 0 saturated carbocycles. The minimum absolute atomic E-state index is 0.0403. The van der Waals surface area contributed by atoms with Gasteiger partial charge in [-0.2, -0.15) is 11.8 Å². The molecule has 1 saturated heterocycles. The number of hydrogen-bond donors (Lipinski definition) is 2. The van der Waals surface area contributed by atoms with E-state index in [2.05, 4.69) is 5.32 Å². The number of thioether (sulfide) groups is 1. The molecule has 0 bridgehead atoms. The zero-order valence-electron chi connectivity index (χ0n) is 10.1. The molecule has 0 aromatic heterocycles. The number of benzene rings is 1. The van der Waals surface area contributed by atoms with Crippen molar-refractivity contribution in [3.63, 3.8) is 0 Å². The molecule has 0 radical (unpaired) electrons. The first-order valence-corrected chi connectivity index (χ1v) is 7.61. The van der Waals surface area contributed by atoms with Gasteiger partial charge in [-0.15, -0.1) is 0 Å². The Balaban J connectivity index is 1.90. The number of carbonyl (C=O) groups excluding carboxylic acids is 1. The summed E-state index contributed by atoms with van der Waals surface area (Å²) < 4.78 is 0. The molecule has 1 aliphatic heterocycles. The van der Waals surface area contributed by atoms with Gasteiger partial charge in [-0.1, -0.05) is 11.6 Å². The van der Waals surface area contributed by atoms with Gasteiger partial charge in [-0.3, -0.25) is 4.79 Å². The summed E-state index contributed by atoms with van der Waals surface area (Å²) in [5, 5.41) is 3.34. The maximum absolute atomic E-state index is 11.9. The molecule has 18 heavy (non-hydrogen) atoms. The van der Waals surface area contributed by atoms with Crippen molar-refractivity contribution in [1.29, 1.82) is 0 Å². The third-order valence-corrected chi connectivity index (χ3v) is 4.44. The van der Waals surface area contributed by atoms with Crippen LogP contribution in [0, 0.1) is 5.92 Å². The lowest BCUT2D eigenvalue weighted by Crippen LogP contribution is -2.19. The number of nitrogen functional groups attached to an aromatic ring is 1. The molecule has 3 nitrogen and oxygen atoms in total. The zero-order valence-corrected chi connectivity index (χ0v) is 11.7. The van der Waals surface area contributed by atoms with Gasteiger partial charge in [0.15, 0.2) is 0 Å². The van der Waals surface area contributed by atoms with Crippen LogP contribution >= 0.6 is 23.4 Å². The molecule has 3 N–H and O–H groups in total. The molecule has 5 heteroatoms. The van der Waals surface area contributed by atoms with E-state index >= 15 is 0 Å². The summed E-state index contributed by atoms with van der Waals surface area (Å²) in [5.74, 6) is 2.89. The summed E-state index contributed by atoms with van der Waals surface area (Å²) in [5.41, 5.74) is 6.85. The second kappa shape index (κ2) is 6.34. The van der Waals surface area contributed by atoms with Crippen molar-refractivity contribution in [3.8, 4) is 0 Å². The van der Waals surface area contributed by atoms with Crippen molar-refractivity contribution < 1.29 is 4.79 Å². The van der Waals surface area contributed by atoms with Gasteiger partial charge < -0.3 is 11.1 Å². The van der Waals surface area contributed by atoms with Crippen molar-refractivity contribution >= 4 is 40.6 Å². The minimum atomic E-state index is 0.0403. The summed E-state index contributed by atoms with van der Waals surface area (Å²) in [6.07, 6.45) is 2.85. The normalized spacial score (nSPS) is 16.5. The number of nitrogens with two attached hydrogens (primary N) is 1. The molecule has 1 amide bonds. The topological polar surface area (TPSA) is 55.1 Å². The van der Waals surface area contributed by atoms with Gasteiger partial charge in [0, 0.05) is 12.1 Å². The van der Waals surface area contributed by atoms with Crippen LogP contribution in [0.2, 0.25) is 5.02 Å². The third kappa shape index (κ3) is 3.82. The van der Waals surface area contributed by atoms with E-state index < -0.39 is 0 Å². The number of nitrogens with one attached hydrogen (secondary N) is 1. The molecule has 98 valence electrons. The molecule has 0 spiro atoms. The molecular weight excluding hydrogens is 268 g/mol. The lowest BCUT2D eigenvalue weighted by Gasteiger charge is -2.20. The number of hydrogen-bond acceptors (Lipinski definition) is 3. The van der Waals surface area contributed by atoms with Crippen molar-refractivity contribution in [3.05, 3.63) is 23.2 Å². The van der Waals surface area contributed by atoms with Gasteiger partial charge in [0.25, 0.3) is 0 Å². The summed E-state index contributed by atoms with van der Waals surface area (Å²) in [6.45, 7) is 0. The Hall–Kier alpha value is -0.870. The van der Waals surface area contributed by atoms with Crippen molar-refractivity contribution in [1.82, 2.24) is 0 Å². The van der Waals surface area contributed by atoms with Crippen LogP contribution in [0.15, 0.2) is 18.2 Å². The molecule has 2 rings (SSSR count). The van der Waals surface area contributed by atoms with Gasteiger partial charge >= 0.3 is 0 Å². The van der Waals surface area contributed by atoms with Gasteiger partial charge in [0.2, 0.25) is 5.91 Å². The van der Waals surface area contributed by atoms with Gasteiger partial charge in [-0.25, -0.2) is 0 Å². The SMILES string of the molecule is Nc1ccc(NC(=O)CC2CCSCC2)c(Cl)c1. The summed E-state index contributed by atoms with van der Waals surface area (Å²) >= 11 is 7.99. The fourth-order valence-corrected chi connectivity index (χ4v) is 3.49. The fourth-order valence-electron chi connectivity index (χ4n) is 2.05. The smallest absolute Gasteiger partial charge is 0.224 e. The lowest BCUT2D eigenvalue weighted by molar-refractivity contribution is -0.117. The maximum Gasteiger partial charge on any atom is 0.224 e. The number of amides is 1. The van der Waals surface area contributed by atoms with E-state index in [0.717, 1.165) is 12.8 Å². The first-order valence-electron chi connectivity index (χ1n) is 6.08. The van der Waals surface area contributed by atoms with Crippen molar-refractivity contribution in [2.45, 2.75) is 19.3 Å². The third-order valence-electron chi connectivity index (χ3n) is 3.08. The van der Waals surface area contributed by atoms with Crippen LogP contribution in [0.4, 0.5) is 11.4 Å². The summed E-state index contributed by atoms with van der Waals surface area (Å²) in [7, 11) is 0. The number of halogens is 1. The van der Waals surface area contributed by atoms with Gasteiger partial charge in [0.05, 0.1) is 10.7 Å². The molecule has 1 fully saturated rings. The molecular formula is C13H17ClN2OS. The summed E-state index contributed by atoms with van der Waals surface area (Å²) in [4.78, 5) is 11.9. The van der Waals surface area contributed by atoms with E-state index in [9.17, 15) is 4.79 Å². The highest BCUT2D eigenvalue weighted by Crippen LogP contribution is 2.27. The predicted molar refractivity (Wildman–Crippen MR) is 79.2 cm³/mol. The molecule has 0 unspecified atom stereocenters. The Bertz CT molecular complexity index is 433. The van der Waals surface area contributed by atoms with Crippen LogP contribution in [0.25, 0.3) is 0 Å². The van der Waals surface area contributed by atoms with Crippen LogP contribution < -0.4 is 11.1 Å². The Labute approximate surface area is 116 Å². The average molecular weight is 285 g/mol. The highest BCUT2D eigenvalue weighted by molar-refractivity contribution is 7.99. The lowest BCUT2D eigenvalue weighted by atomic mass is 9.98. The quantitative estimate of drug-likeness (QED) is 0.837. The Morgan fingerprint density at radius 3 is 2.83 bits per heavy atom. The van der Waals surface area contributed by atoms with Crippen LogP contribution in [0.1, 0.15) is 19.3 Å². The molecule has 1 aromatic rings. The van der Waals surface area contributed by atoms with E-state index in [4.69, 9.17) is 17.3 Å². The molecule has 0 atom stereocenters. The van der Waals surface area contributed by atoms with Gasteiger partial charge in [0.1, 0.15) is 0 Å². The molecule has 1 aliphatic rings. The molecule has 1 aromatic carbocycles. The molecule has 1 heterocycles. The molecule has 0 aliphatic carbocycles. The van der Waals surface area contributed by atoms with Crippen molar-refractivity contribution in [2.24, 2.45) is 5.92 Å². The first-order chi connectivity index (χ1) is 8.65. The van der Waals surface area contributed by atoms with Gasteiger partial charge in [-0.05, 0) is 48.5 Å². The Morgan fingerprint density at radius 2 is 2.17 bits per heavy atom. The van der Waals surface area contributed by atoms with Crippen LogP contribution in [0.5, 0.6) is 0 Å². The van der Waals surface area contributed by atoms with Crippen LogP contribution in [-0.2, 0) is 4.79 Å². The zero-order chi connectivity index (χ0) is 13.0. The Kier molecular flexibility index (Phi) is 4.78. The van der Waals surface area contributed by atoms with E-state index in [0.29, 0.717) is 28.7 Å². The largest absolute Gasteiger partial charge is 0.399 e. The maximum atomic E-state index is 11.9. The number of rotatable bonds is 3. The van der Waals surface area contributed by atoms with Crippen LogP contribution in [-0.4, -0.2) is 17.4 Å². The standard InChI is InChI=1S/C13H17ClN2OS/c14-11-8-10(15)1-2-12(11)16-13(17)7-9-3-5-18-6-4-9/h1-2,8-9H,3-7,15H2,(H,16,17). The fraction of sp³-hybridized carbons (Fsp3) is 0.462. The second-order valence-corrected chi connectivity index (χ2v) is 6.18. The van der Waals surface area contributed by atoms with Crippen molar-refractivity contribution in [2.75, 3.05) is 22.6 Å². The summed E-state index contributed by atoms with van der Waals surface area (Å²) in [6, 6.07) is 5.12. The van der Waals surface area contributed by atoms with E-state index in [-0.39, 0.29) is 5.91 Å². The highest BCUT2D eigenvalue weighted by atomic mass is 35.5. The second-order valence-electron chi connectivity index (χ2n) is 4.55.